The fourth-order valence-corrected chi connectivity index (χ4v) is 4.06. The van der Waals surface area contributed by atoms with Gasteiger partial charge in [0.1, 0.15) is 41.3 Å². The minimum absolute atomic E-state index is 0.00653. The summed E-state index contributed by atoms with van der Waals surface area (Å²) in [6.07, 6.45) is 4.67. The van der Waals surface area contributed by atoms with Gasteiger partial charge in [-0.25, -0.2) is 9.59 Å². The van der Waals surface area contributed by atoms with Crippen LogP contribution in [0.3, 0.4) is 0 Å². The Bertz CT molecular complexity index is 774. The predicted octanol–water partition coefficient (Wildman–Crippen LogP) is 4.78. The van der Waals surface area contributed by atoms with Crippen LogP contribution in [-0.4, -0.2) is 68.4 Å². The van der Waals surface area contributed by atoms with Gasteiger partial charge in [0, 0.05) is 19.8 Å². The molecule has 0 amide bonds. The Balaban J connectivity index is 2.47. The molecule has 0 aliphatic carbocycles. The van der Waals surface area contributed by atoms with Gasteiger partial charge >= 0.3 is 11.9 Å². The third-order valence-corrected chi connectivity index (χ3v) is 6.04. The lowest BCUT2D eigenvalue weighted by molar-refractivity contribution is -0.140. The average molecular weight is 485 g/mol. The van der Waals surface area contributed by atoms with Crippen molar-refractivity contribution in [3.8, 4) is 0 Å². The van der Waals surface area contributed by atoms with Gasteiger partial charge in [0.25, 0.3) is 0 Å². The first-order chi connectivity index (χ1) is 16.3. The molecule has 2 rings (SSSR count). The maximum Gasteiger partial charge on any atom is 0.342 e. The second kappa shape index (κ2) is 13.8. The summed E-state index contributed by atoms with van der Waals surface area (Å²) >= 11 is 0. The number of ether oxygens (including phenoxy) is 5. The molecule has 1 aliphatic heterocycles. The third kappa shape index (κ3) is 6.59. The smallest absolute Gasteiger partial charge is 0.342 e. The first kappa shape index (κ1) is 28.3. The Kier molecular flexibility index (Phi) is 11.5. The molecule has 1 aromatic heterocycles. The Morgan fingerprint density at radius 3 is 2.32 bits per heavy atom. The number of carboxylic acid groups (broad SMARTS) is 1. The van der Waals surface area contributed by atoms with Crippen LogP contribution in [0.1, 0.15) is 98.8 Å². The van der Waals surface area contributed by atoms with E-state index in [2.05, 4.69) is 20.8 Å². The summed E-state index contributed by atoms with van der Waals surface area (Å²) < 4.78 is 35.2. The highest BCUT2D eigenvalue weighted by Gasteiger charge is 2.58. The summed E-state index contributed by atoms with van der Waals surface area (Å²) in [7, 11) is 1.19. The van der Waals surface area contributed by atoms with E-state index in [9.17, 15) is 14.7 Å². The number of unbranched alkanes of at least 4 members (excludes halogenated alkanes) is 3. The van der Waals surface area contributed by atoms with Crippen LogP contribution in [0.4, 0.5) is 0 Å². The fourth-order valence-electron chi connectivity index (χ4n) is 4.06. The quantitative estimate of drug-likeness (QED) is 0.261. The molecular weight excluding hydrogens is 444 g/mol. The summed E-state index contributed by atoms with van der Waals surface area (Å²) in [5, 5.41) is 9.91. The SMILES string of the molecule is CCCCOC[C@H]1O[C@@H](c2occ(C(=O)OC)c2C(=O)O)[C@](C)(OCCCC)[C@@H]1OCCCC. The van der Waals surface area contributed by atoms with Gasteiger partial charge in [-0.2, -0.15) is 0 Å². The summed E-state index contributed by atoms with van der Waals surface area (Å²) in [5.74, 6) is -2.10. The first-order valence-electron chi connectivity index (χ1n) is 12.3. The van der Waals surface area contributed by atoms with Crippen molar-refractivity contribution in [3.05, 3.63) is 23.2 Å². The largest absolute Gasteiger partial charge is 0.478 e. The number of esters is 1. The summed E-state index contributed by atoms with van der Waals surface area (Å²) in [6.45, 7) is 9.88. The first-order valence-corrected chi connectivity index (χ1v) is 12.3. The van der Waals surface area contributed by atoms with E-state index < -0.39 is 35.9 Å². The summed E-state index contributed by atoms with van der Waals surface area (Å²) in [6, 6.07) is 0. The summed E-state index contributed by atoms with van der Waals surface area (Å²) in [4.78, 5) is 24.3. The van der Waals surface area contributed by atoms with Gasteiger partial charge in [-0.15, -0.1) is 0 Å². The van der Waals surface area contributed by atoms with E-state index in [-0.39, 0.29) is 23.5 Å². The monoisotopic (exact) mass is 484 g/mol. The Morgan fingerprint density at radius 1 is 1.06 bits per heavy atom. The highest BCUT2D eigenvalue weighted by atomic mass is 16.6. The van der Waals surface area contributed by atoms with Crippen LogP contribution in [-0.2, 0) is 23.7 Å². The van der Waals surface area contributed by atoms with Crippen molar-refractivity contribution in [1.82, 2.24) is 0 Å². The van der Waals surface area contributed by atoms with Crippen molar-refractivity contribution in [1.29, 1.82) is 0 Å². The molecule has 0 spiro atoms. The zero-order valence-corrected chi connectivity index (χ0v) is 21.1. The van der Waals surface area contributed by atoms with E-state index in [4.69, 9.17) is 28.1 Å². The Labute approximate surface area is 202 Å². The molecule has 194 valence electrons. The van der Waals surface area contributed by atoms with Crippen molar-refractivity contribution < 1.29 is 42.8 Å². The normalized spacial score (nSPS) is 24.4. The summed E-state index contributed by atoms with van der Waals surface area (Å²) in [5.41, 5.74) is -1.52. The molecule has 1 aromatic rings. The third-order valence-electron chi connectivity index (χ3n) is 6.04. The van der Waals surface area contributed by atoms with Gasteiger partial charge in [-0.3, -0.25) is 0 Å². The number of rotatable bonds is 16. The highest BCUT2D eigenvalue weighted by molar-refractivity contribution is 6.03. The molecule has 0 aromatic carbocycles. The molecule has 1 N–H and O–H groups in total. The number of carbonyl (C=O) groups is 2. The molecule has 34 heavy (non-hydrogen) atoms. The molecule has 9 nitrogen and oxygen atoms in total. The van der Waals surface area contributed by atoms with E-state index in [0.717, 1.165) is 44.8 Å². The Hall–Kier alpha value is -1.94. The lowest BCUT2D eigenvalue weighted by Gasteiger charge is -2.35. The second-order valence-electron chi connectivity index (χ2n) is 8.70. The maximum absolute atomic E-state index is 12.2. The molecule has 2 heterocycles. The number of carbonyl (C=O) groups excluding carboxylic acids is 1. The standard InChI is InChI=1S/C25H40O9/c1-6-9-12-30-16-18-21(31-13-10-7-2)25(4,33-14-11-8-3)22(34-18)20-19(23(26)27)17(15-32-20)24(28)29-5/h15,18,21-22H,6-14,16H2,1-5H3,(H,26,27)/t18-,21-,22+,25-/m1/s1. The zero-order valence-electron chi connectivity index (χ0n) is 21.1. The molecule has 1 saturated heterocycles. The average Bonchev–Trinajstić information content (AvgIpc) is 3.36. The molecule has 0 bridgehead atoms. The van der Waals surface area contributed by atoms with E-state index in [1.54, 1.807) is 0 Å². The van der Waals surface area contributed by atoms with E-state index >= 15 is 0 Å². The molecule has 0 saturated carbocycles. The van der Waals surface area contributed by atoms with Crippen LogP contribution in [0.5, 0.6) is 0 Å². The van der Waals surface area contributed by atoms with Gasteiger partial charge < -0.3 is 33.2 Å². The molecule has 9 heteroatoms. The van der Waals surface area contributed by atoms with Crippen LogP contribution in [0.15, 0.2) is 10.7 Å². The molecule has 0 unspecified atom stereocenters. The van der Waals surface area contributed by atoms with Crippen LogP contribution < -0.4 is 0 Å². The van der Waals surface area contributed by atoms with E-state index in [0.29, 0.717) is 19.8 Å². The molecule has 0 radical (unpaired) electrons. The molecule has 4 atom stereocenters. The maximum atomic E-state index is 12.2. The zero-order chi connectivity index (χ0) is 25.1. The molecule has 1 fully saturated rings. The van der Waals surface area contributed by atoms with Crippen LogP contribution in [0.25, 0.3) is 0 Å². The predicted molar refractivity (Wildman–Crippen MR) is 124 cm³/mol. The lowest BCUT2D eigenvalue weighted by atomic mass is 9.89. The number of carboxylic acids is 1. The van der Waals surface area contributed by atoms with E-state index in [1.165, 1.54) is 7.11 Å². The number of hydrogen-bond acceptors (Lipinski definition) is 8. The number of hydrogen-bond donors (Lipinski definition) is 1. The van der Waals surface area contributed by atoms with E-state index in [1.807, 2.05) is 6.92 Å². The Morgan fingerprint density at radius 2 is 1.71 bits per heavy atom. The lowest BCUT2D eigenvalue weighted by Crippen LogP contribution is -2.48. The van der Waals surface area contributed by atoms with Gasteiger partial charge in [0.05, 0.1) is 13.7 Å². The fraction of sp³-hybridized carbons (Fsp3) is 0.760. The number of methoxy groups -OCH3 is 1. The van der Waals surface area contributed by atoms with Crippen molar-refractivity contribution >= 4 is 11.9 Å². The van der Waals surface area contributed by atoms with Gasteiger partial charge in [-0.05, 0) is 26.2 Å². The highest BCUT2D eigenvalue weighted by Crippen LogP contribution is 2.47. The van der Waals surface area contributed by atoms with Crippen LogP contribution in [0.2, 0.25) is 0 Å². The van der Waals surface area contributed by atoms with Crippen LogP contribution in [0, 0.1) is 0 Å². The van der Waals surface area contributed by atoms with Crippen molar-refractivity contribution in [2.75, 3.05) is 33.5 Å². The minimum Gasteiger partial charge on any atom is -0.478 e. The van der Waals surface area contributed by atoms with Gasteiger partial charge in [0.2, 0.25) is 0 Å². The van der Waals surface area contributed by atoms with Gasteiger partial charge in [-0.1, -0.05) is 40.0 Å². The topological polar surface area (TPSA) is 114 Å². The molecular formula is C25H40O9. The van der Waals surface area contributed by atoms with Gasteiger partial charge in [0.15, 0.2) is 5.76 Å². The van der Waals surface area contributed by atoms with Crippen molar-refractivity contribution in [3.63, 3.8) is 0 Å². The number of furan rings is 1. The second-order valence-corrected chi connectivity index (χ2v) is 8.70. The van der Waals surface area contributed by atoms with Crippen LogP contribution >= 0.6 is 0 Å². The van der Waals surface area contributed by atoms with Crippen molar-refractivity contribution in [2.45, 2.75) is 90.1 Å². The molecule has 1 aliphatic rings. The minimum atomic E-state index is -1.31. The van der Waals surface area contributed by atoms with Crippen molar-refractivity contribution in [2.24, 2.45) is 0 Å². The number of aromatic carboxylic acids is 1.